The molecular formula is C21H24ClN3OS. The normalized spacial score (nSPS) is 12.2. The van der Waals surface area contributed by atoms with E-state index in [0.717, 1.165) is 39.6 Å². The molecule has 0 bridgehead atoms. The minimum absolute atomic E-state index is 0.186. The first kappa shape index (κ1) is 19.8. The van der Waals surface area contributed by atoms with Crippen molar-refractivity contribution in [1.82, 2.24) is 14.8 Å². The zero-order chi connectivity index (χ0) is 19.4. The van der Waals surface area contributed by atoms with Gasteiger partial charge in [-0.3, -0.25) is 0 Å². The molecule has 0 aliphatic heterocycles. The Labute approximate surface area is 169 Å². The molecule has 0 spiro atoms. The molecule has 142 valence electrons. The fraction of sp³-hybridized carbons (Fsp3) is 0.333. The Morgan fingerprint density at radius 2 is 1.89 bits per heavy atom. The summed E-state index contributed by atoms with van der Waals surface area (Å²) in [6, 6.07) is 14.0. The number of rotatable bonds is 7. The van der Waals surface area contributed by atoms with Gasteiger partial charge in [-0.15, -0.1) is 10.2 Å². The average Bonchev–Trinajstić information content (AvgIpc) is 3.07. The van der Waals surface area contributed by atoms with Crippen LogP contribution in [0.15, 0.2) is 47.6 Å². The zero-order valence-electron chi connectivity index (χ0n) is 16.1. The van der Waals surface area contributed by atoms with Gasteiger partial charge in [-0.1, -0.05) is 47.6 Å². The zero-order valence-corrected chi connectivity index (χ0v) is 17.6. The van der Waals surface area contributed by atoms with Crippen molar-refractivity contribution in [2.45, 2.75) is 51.3 Å². The Balaban J connectivity index is 1.74. The molecule has 6 heteroatoms. The Morgan fingerprint density at radius 1 is 1.11 bits per heavy atom. The van der Waals surface area contributed by atoms with Gasteiger partial charge in [0.15, 0.2) is 17.1 Å². The number of aromatic nitrogens is 3. The third-order valence-corrected chi connectivity index (χ3v) is 5.92. The number of hydrogen-bond acceptors (Lipinski definition) is 4. The number of nitrogens with zero attached hydrogens (tertiary/aromatic N) is 3. The average molecular weight is 402 g/mol. The molecule has 0 saturated heterocycles. The summed E-state index contributed by atoms with van der Waals surface area (Å²) in [5.41, 5.74) is 3.56. The van der Waals surface area contributed by atoms with Crippen LogP contribution in [0.5, 0.6) is 5.75 Å². The number of ether oxygens (including phenoxy) is 1. The van der Waals surface area contributed by atoms with Crippen molar-refractivity contribution in [3.05, 3.63) is 70.0 Å². The molecule has 1 heterocycles. The van der Waals surface area contributed by atoms with Gasteiger partial charge >= 0.3 is 0 Å². The van der Waals surface area contributed by atoms with E-state index in [1.807, 2.05) is 37.3 Å². The van der Waals surface area contributed by atoms with Crippen molar-refractivity contribution in [2.24, 2.45) is 0 Å². The van der Waals surface area contributed by atoms with Gasteiger partial charge < -0.3 is 9.30 Å². The lowest BCUT2D eigenvalue weighted by Gasteiger charge is -2.16. The summed E-state index contributed by atoms with van der Waals surface area (Å²) in [4.78, 5) is 0. The van der Waals surface area contributed by atoms with Crippen molar-refractivity contribution < 1.29 is 4.74 Å². The van der Waals surface area contributed by atoms with Crippen LogP contribution < -0.4 is 4.74 Å². The number of thioether (sulfide) groups is 1. The van der Waals surface area contributed by atoms with Gasteiger partial charge in [-0.05, 0) is 62.6 Å². The molecule has 1 atom stereocenters. The second kappa shape index (κ2) is 8.81. The van der Waals surface area contributed by atoms with E-state index in [0.29, 0.717) is 0 Å². The lowest BCUT2D eigenvalue weighted by atomic mass is 10.1. The van der Waals surface area contributed by atoms with Crippen LogP contribution in [0.25, 0.3) is 0 Å². The van der Waals surface area contributed by atoms with Crippen molar-refractivity contribution >= 4 is 23.4 Å². The van der Waals surface area contributed by atoms with Crippen LogP contribution >= 0.6 is 23.4 Å². The highest BCUT2D eigenvalue weighted by Crippen LogP contribution is 2.29. The SMILES string of the molecule is CCn1c(SCc2ccccc2Cl)nnc1C(C)Oc1ccc(C)c(C)c1. The molecule has 0 aliphatic rings. The summed E-state index contributed by atoms with van der Waals surface area (Å²) in [5, 5.41) is 10.4. The van der Waals surface area contributed by atoms with E-state index < -0.39 is 0 Å². The summed E-state index contributed by atoms with van der Waals surface area (Å²) in [7, 11) is 0. The molecule has 0 radical (unpaired) electrons. The lowest BCUT2D eigenvalue weighted by molar-refractivity contribution is 0.209. The van der Waals surface area contributed by atoms with Crippen LogP contribution in [0.2, 0.25) is 5.02 Å². The maximum Gasteiger partial charge on any atom is 0.191 e. The highest BCUT2D eigenvalue weighted by molar-refractivity contribution is 7.98. The molecule has 0 saturated carbocycles. The van der Waals surface area contributed by atoms with Crippen LogP contribution in [-0.2, 0) is 12.3 Å². The lowest BCUT2D eigenvalue weighted by Crippen LogP contribution is -2.12. The second-order valence-electron chi connectivity index (χ2n) is 6.47. The summed E-state index contributed by atoms with van der Waals surface area (Å²) in [5.74, 6) is 2.43. The van der Waals surface area contributed by atoms with Crippen LogP contribution in [0.1, 0.15) is 42.5 Å². The third kappa shape index (κ3) is 4.66. The molecule has 0 N–H and O–H groups in total. The Kier molecular flexibility index (Phi) is 6.45. The van der Waals surface area contributed by atoms with Gasteiger partial charge in [0, 0.05) is 17.3 Å². The molecule has 3 aromatic rings. The molecule has 1 unspecified atom stereocenters. The number of benzene rings is 2. The Morgan fingerprint density at radius 3 is 2.59 bits per heavy atom. The van der Waals surface area contributed by atoms with Gasteiger partial charge in [0.1, 0.15) is 5.75 Å². The van der Waals surface area contributed by atoms with Crippen molar-refractivity contribution in [3.63, 3.8) is 0 Å². The fourth-order valence-electron chi connectivity index (χ4n) is 2.81. The van der Waals surface area contributed by atoms with Gasteiger partial charge in [-0.25, -0.2) is 0 Å². The summed E-state index contributed by atoms with van der Waals surface area (Å²) in [6.45, 7) is 9.07. The van der Waals surface area contributed by atoms with Crippen LogP contribution in [0.4, 0.5) is 0 Å². The Bertz CT molecular complexity index is 926. The summed E-state index contributed by atoms with van der Waals surface area (Å²) < 4.78 is 8.22. The first-order chi connectivity index (χ1) is 13.0. The van der Waals surface area contributed by atoms with E-state index >= 15 is 0 Å². The maximum atomic E-state index is 6.26. The maximum absolute atomic E-state index is 6.26. The van der Waals surface area contributed by atoms with Gasteiger partial charge in [0.05, 0.1) is 0 Å². The predicted molar refractivity (Wildman–Crippen MR) is 112 cm³/mol. The number of aryl methyl sites for hydroxylation is 2. The van der Waals surface area contributed by atoms with Crippen LogP contribution in [0, 0.1) is 13.8 Å². The quantitative estimate of drug-likeness (QED) is 0.455. The molecule has 0 amide bonds. The highest BCUT2D eigenvalue weighted by atomic mass is 35.5. The number of halogens is 1. The van der Waals surface area contributed by atoms with Gasteiger partial charge in [0.2, 0.25) is 0 Å². The van der Waals surface area contributed by atoms with E-state index in [2.05, 4.69) is 47.7 Å². The molecule has 27 heavy (non-hydrogen) atoms. The molecule has 0 aliphatic carbocycles. The first-order valence-electron chi connectivity index (χ1n) is 9.02. The molecule has 2 aromatic carbocycles. The summed E-state index contributed by atoms with van der Waals surface area (Å²) in [6.07, 6.45) is -0.186. The standard InChI is InChI=1S/C21H24ClN3OS/c1-5-25-20(16(4)26-18-11-10-14(2)15(3)12-18)23-24-21(25)27-13-17-8-6-7-9-19(17)22/h6-12,16H,5,13H2,1-4H3. The molecule has 4 nitrogen and oxygen atoms in total. The van der Waals surface area contributed by atoms with E-state index in [1.165, 1.54) is 11.1 Å². The van der Waals surface area contributed by atoms with Crippen LogP contribution in [0.3, 0.4) is 0 Å². The summed E-state index contributed by atoms with van der Waals surface area (Å²) >= 11 is 7.89. The van der Waals surface area contributed by atoms with Gasteiger partial charge in [-0.2, -0.15) is 0 Å². The van der Waals surface area contributed by atoms with E-state index in [9.17, 15) is 0 Å². The second-order valence-corrected chi connectivity index (χ2v) is 7.82. The third-order valence-electron chi connectivity index (χ3n) is 4.53. The minimum Gasteiger partial charge on any atom is -0.483 e. The molecule has 0 fully saturated rings. The van der Waals surface area contributed by atoms with Crippen LogP contribution in [-0.4, -0.2) is 14.8 Å². The smallest absolute Gasteiger partial charge is 0.191 e. The monoisotopic (exact) mass is 401 g/mol. The van der Waals surface area contributed by atoms with Crippen molar-refractivity contribution in [3.8, 4) is 5.75 Å². The molecule has 1 aromatic heterocycles. The largest absolute Gasteiger partial charge is 0.483 e. The van der Waals surface area contributed by atoms with E-state index in [4.69, 9.17) is 16.3 Å². The minimum atomic E-state index is -0.186. The topological polar surface area (TPSA) is 39.9 Å². The predicted octanol–water partition coefficient (Wildman–Crippen LogP) is 6.00. The fourth-order valence-corrected chi connectivity index (χ4v) is 4.10. The van der Waals surface area contributed by atoms with E-state index in [-0.39, 0.29) is 6.10 Å². The van der Waals surface area contributed by atoms with E-state index in [1.54, 1.807) is 11.8 Å². The Hall–Kier alpha value is -1.98. The van der Waals surface area contributed by atoms with Crippen molar-refractivity contribution in [1.29, 1.82) is 0 Å². The van der Waals surface area contributed by atoms with Crippen molar-refractivity contribution in [2.75, 3.05) is 0 Å². The molecular weight excluding hydrogens is 378 g/mol. The molecule has 3 rings (SSSR count). The van der Waals surface area contributed by atoms with Gasteiger partial charge in [0.25, 0.3) is 0 Å². The highest BCUT2D eigenvalue weighted by Gasteiger charge is 2.19. The number of hydrogen-bond donors (Lipinski definition) is 0. The first-order valence-corrected chi connectivity index (χ1v) is 10.4.